The first-order chi connectivity index (χ1) is 9.96. The summed E-state index contributed by atoms with van der Waals surface area (Å²) < 4.78 is 0. The van der Waals surface area contributed by atoms with E-state index >= 15 is 0 Å². The Labute approximate surface area is 127 Å². The smallest absolute Gasteiger partial charge is 0.248 e. The first kappa shape index (κ1) is 14.9. The van der Waals surface area contributed by atoms with Crippen LogP contribution in [0.15, 0.2) is 0 Å². The number of hydrogen-bond donors (Lipinski definition) is 1. The Morgan fingerprint density at radius 3 is 2.29 bits per heavy atom. The molecule has 1 saturated heterocycles. The third-order valence-electron chi connectivity index (χ3n) is 5.74. The van der Waals surface area contributed by atoms with Gasteiger partial charge in [-0.25, -0.2) is 0 Å². The molecule has 0 unspecified atom stereocenters. The van der Waals surface area contributed by atoms with Gasteiger partial charge in [0, 0.05) is 6.54 Å². The minimum absolute atomic E-state index is 0.0878. The molecule has 4 nitrogen and oxygen atoms in total. The zero-order chi connectivity index (χ0) is 15.1. The van der Waals surface area contributed by atoms with Gasteiger partial charge in [0.05, 0.1) is 0 Å². The Bertz CT molecular complexity index is 432. The van der Waals surface area contributed by atoms with Crippen LogP contribution in [0.4, 0.5) is 0 Å². The molecule has 3 aliphatic rings. The zero-order valence-corrected chi connectivity index (χ0v) is 13.4. The van der Waals surface area contributed by atoms with Gasteiger partial charge in [0.25, 0.3) is 0 Å². The maximum Gasteiger partial charge on any atom is 0.248 e. The van der Waals surface area contributed by atoms with Gasteiger partial charge in [0.15, 0.2) is 0 Å². The molecule has 2 amide bonds. The fourth-order valence-corrected chi connectivity index (χ4v) is 4.45. The molecule has 1 spiro atoms. The summed E-state index contributed by atoms with van der Waals surface area (Å²) >= 11 is 0. The topological polar surface area (TPSA) is 49.4 Å². The molecule has 0 radical (unpaired) electrons. The van der Waals surface area contributed by atoms with E-state index in [0.717, 1.165) is 32.2 Å². The largest absolute Gasteiger partial charge is 0.340 e. The highest BCUT2D eigenvalue weighted by molar-refractivity contribution is 6.02. The average molecular weight is 292 g/mol. The zero-order valence-electron chi connectivity index (χ0n) is 13.4. The Kier molecular flexibility index (Phi) is 3.74. The number of piperazine rings is 1. The van der Waals surface area contributed by atoms with Crippen molar-refractivity contribution in [2.24, 2.45) is 5.92 Å². The molecule has 0 aromatic rings. The lowest BCUT2D eigenvalue weighted by Crippen LogP contribution is -2.75. The standard InChI is InChI=1S/C17H28N2O2/c1-16(2)15(21)19(12-13-8-4-5-9-13)17(14(20)18-16)10-6-3-7-11-17/h13H,3-12H2,1-2H3,(H,18,20). The van der Waals surface area contributed by atoms with E-state index in [1.165, 1.54) is 32.1 Å². The maximum atomic E-state index is 13.0. The maximum absolute atomic E-state index is 13.0. The predicted octanol–water partition coefficient (Wildman–Crippen LogP) is 2.62. The van der Waals surface area contributed by atoms with Crippen molar-refractivity contribution >= 4 is 11.8 Å². The molecule has 0 aromatic heterocycles. The summed E-state index contributed by atoms with van der Waals surface area (Å²) in [5, 5.41) is 2.99. The summed E-state index contributed by atoms with van der Waals surface area (Å²) in [6, 6.07) is 0. The van der Waals surface area contributed by atoms with E-state index in [4.69, 9.17) is 0 Å². The van der Waals surface area contributed by atoms with Gasteiger partial charge in [0.1, 0.15) is 11.1 Å². The van der Waals surface area contributed by atoms with Gasteiger partial charge in [-0.15, -0.1) is 0 Å². The lowest BCUT2D eigenvalue weighted by Gasteiger charge is -2.53. The summed E-state index contributed by atoms with van der Waals surface area (Å²) in [5.41, 5.74) is -1.30. The quantitative estimate of drug-likeness (QED) is 0.850. The van der Waals surface area contributed by atoms with Gasteiger partial charge >= 0.3 is 0 Å². The van der Waals surface area contributed by atoms with Crippen molar-refractivity contribution in [2.45, 2.75) is 82.7 Å². The first-order valence-electron chi connectivity index (χ1n) is 8.60. The summed E-state index contributed by atoms with van der Waals surface area (Å²) in [6.07, 6.45) is 9.95. The van der Waals surface area contributed by atoms with Crippen LogP contribution in [0.2, 0.25) is 0 Å². The van der Waals surface area contributed by atoms with Gasteiger partial charge in [-0.05, 0) is 45.4 Å². The van der Waals surface area contributed by atoms with E-state index < -0.39 is 11.1 Å². The number of rotatable bonds is 2. The molecule has 4 heteroatoms. The van der Waals surface area contributed by atoms with Crippen molar-refractivity contribution in [1.82, 2.24) is 10.2 Å². The number of nitrogens with one attached hydrogen (secondary N) is 1. The normalized spacial score (nSPS) is 29.0. The second-order valence-electron chi connectivity index (χ2n) is 7.74. The second-order valence-corrected chi connectivity index (χ2v) is 7.74. The molecule has 118 valence electrons. The number of amides is 2. The van der Waals surface area contributed by atoms with Crippen LogP contribution in [-0.2, 0) is 9.59 Å². The van der Waals surface area contributed by atoms with Crippen molar-refractivity contribution in [3.63, 3.8) is 0 Å². The minimum Gasteiger partial charge on any atom is -0.340 e. The van der Waals surface area contributed by atoms with Gasteiger partial charge in [-0.3, -0.25) is 9.59 Å². The highest BCUT2D eigenvalue weighted by Gasteiger charge is 2.55. The summed E-state index contributed by atoms with van der Waals surface area (Å²) in [7, 11) is 0. The van der Waals surface area contributed by atoms with Crippen LogP contribution in [0.1, 0.15) is 71.6 Å². The highest BCUT2D eigenvalue weighted by Crippen LogP contribution is 2.40. The first-order valence-corrected chi connectivity index (χ1v) is 8.60. The van der Waals surface area contributed by atoms with E-state index in [9.17, 15) is 9.59 Å². The van der Waals surface area contributed by atoms with Crippen molar-refractivity contribution in [2.75, 3.05) is 6.54 Å². The van der Waals surface area contributed by atoms with E-state index in [0.29, 0.717) is 5.92 Å². The van der Waals surface area contributed by atoms with Crippen molar-refractivity contribution < 1.29 is 9.59 Å². The SMILES string of the molecule is CC1(C)NC(=O)C2(CCCCC2)N(CC2CCCC2)C1=O. The van der Waals surface area contributed by atoms with Crippen LogP contribution in [-0.4, -0.2) is 34.3 Å². The van der Waals surface area contributed by atoms with Crippen molar-refractivity contribution in [3.05, 3.63) is 0 Å². The fraction of sp³-hybridized carbons (Fsp3) is 0.882. The molecule has 0 atom stereocenters. The lowest BCUT2D eigenvalue weighted by molar-refractivity contribution is -0.165. The third-order valence-corrected chi connectivity index (χ3v) is 5.74. The Morgan fingerprint density at radius 2 is 1.67 bits per heavy atom. The average Bonchev–Trinajstić information content (AvgIpc) is 2.96. The van der Waals surface area contributed by atoms with Gasteiger partial charge in [-0.2, -0.15) is 0 Å². The number of hydrogen-bond acceptors (Lipinski definition) is 2. The van der Waals surface area contributed by atoms with Gasteiger partial charge < -0.3 is 10.2 Å². The predicted molar refractivity (Wildman–Crippen MR) is 81.7 cm³/mol. The molecule has 21 heavy (non-hydrogen) atoms. The minimum atomic E-state index is -0.752. The number of carbonyl (C=O) groups excluding carboxylic acids is 2. The number of nitrogens with zero attached hydrogens (tertiary/aromatic N) is 1. The van der Waals surface area contributed by atoms with Crippen LogP contribution >= 0.6 is 0 Å². The van der Waals surface area contributed by atoms with Crippen molar-refractivity contribution in [1.29, 1.82) is 0 Å². The molecular formula is C17H28N2O2. The van der Waals surface area contributed by atoms with Crippen molar-refractivity contribution in [3.8, 4) is 0 Å². The summed E-state index contributed by atoms with van der Waals surface area (Å²) in [4.78, 5) is 27.8. The van der Waals surface area contributed by atoms with E-state index in [1.807, 2.05) is 18.7 Å². The van der Waals surface area contributed by atoms with Crippen LogP contribution in [0.5, 0.6) is 0 Å². The van der Waals surface area contributed by atoms with E-state index in [2.05, 4.69) is 5.32 Å². The molecule has 3 rings (SSSR count). The fourth-order valence-electron chi connectivity index (χ4n) is 4.45. The van der Waals surface area contributed by atoms with E-state index in [1.54, 1.807) is 0 Å². The Balaban J connectivity index is 1.90. The monoisotopic (exact) mass is 292 g/mol. The Morgan fingerprint density at radius 1 is 1.05 bits per heavy atom. The van der Waals surface area contributed by atoms with Crippen LogP contribution in [0.3, 0.4) is 0 Å². The van der Waals surface area contributed by atoms with Gasteiger partial charge in [-0.1, -0.05) is 32.1 Å². The highest BCUT2D eigenvalue weighted by atomic mass is 16.2. The molecular weight excluding hydrogens is 264 g/mol. The van der Waals surface area contributed by atoms with Crippen LogP contribution in [0.25, 0.3) is 0 Å². The molecule has 2 aliphatic carbocycles. The molecule has 1 heterocycles. The lowest BCUT2D eigenvalue weighted by atomic mass is 9.75. The summed E-state index contributed by atoms with van der Waals surface area (Å²) in [5.74, 6) is 0.801. The Hall–Kier alpha value is -1.06. The van der Waals surface area contributed by atoms with E-state index in [-0.39, 0.29) is 11.8 Å². The molecule has 1 aliphatic heterocycles. The third kappa shape index (κ3) is 2.47. The molecule has 1 N–H and O–H groups in total. The molecule has 0 aromatic carbocycles. The van der Waals surface area contributed by atoms with Crippen LogP contribution in [0, 0.1) is 5.92 Å². The molecule has 2 saturated carbocycles. The second kappa shape index (κ2) is 5.29. The molecule has 0 bridgehead atoms. The molecule has 3 fully saturated rings. The van der Waals surface area contributed by atoms with Gasteiger partial charge in [0.2, 0.25) is 11.8 Å². The summed E-state index contributed by atoms with van der Waals surface area (Å²) in [6.45, 7) is 4.46. The number of carbonyl (C=O) groups is 2. The van der Waals surface area contributed by atoms with Crippen LogP contribution < -0.4 is 5.32 Å².